The third kappa shape index (κ3) is 13.9. The molecule has 2 N–H and O–H groups in total. The van der Waals surface area contributed by atoms with E-state index in [0.29, 0.717) is 12.8 Å². The summed E-state index contributed by atoms with van der Waals surface area (Å²) < 4.78 is 0. The van der Waals surface area contributed by atoms with Crippen LogP contribution in [0.15, 0.2) is 10.2 Å². The molecular formula is C18H34N4O2. The fourth-order valence-corrected chi connectivity index (χ4v) is 1.86. The Hall–Kier alpha value is -1.72. The number of unbranched alkanes of at least 4 members (excludes halogenated alkanes) is 5. The fourth-order valence-electron chi connectivity index (χ4n) is 1.86. The molecule has 0 atom stereocenters. The zero-order valence-corrected chi connectivity index (χ0v) is 15.8. The van der Waals surface area contributed by atoms with Gasteiger partial charge in [0.2, 0.25) is 11.8 Å². The van der Waals surface area contributed by atoms with E-state index in [1.807, 2.05) is 27.7 Å². The van der Waals surface area contributed by atoms with Crippen molar-refractivity contribution in [2.75, 3.05) is 0 Å². The number of nitrogens with one attached hydrogen (secondary N) is 2. The van der Waals surface area contributed by atoms with Gasteiger partial charge in [0.25, 0.3) is 0 Å². The van der Waals surface area contributed by atoms with Crippen LogP contribution in [0.25, 0.3) is 0 Å². The lowest BCUT2D eigenvalue weighted by molar-refractivity contribution is -0.122. The van der Waals surface area contributed by atoms with Crippen molar-refractivity contribution in [3.8, 4) is 0 Å². The van der Waals surface area contributed by atoms with Crippen molar-refractivity contribution >= 4 is 23.2 Å². The summed E-state index contributed by atoms with van der Waals surface area (Å²) in [5.41, 5.74) is 7.02. The number of hydrogen-bond acceptors (Lipinski definition) is 4. The number of hydrogen-bond donors (Lipinski definition) is 2. The maximum absolute atomic E-state index is 11.5. The van der Waals surface area contributed by atoms with Gasteiger partial charge in [-0.15, -0.1) is 0 Å². The average Bonchev–Trinajstić information content (AvgIpc) is 2.59. The highest BCUT2D eigenvalue weighted by Crippen LogP contribution is 2.08. The molecule has 0 aliphatic rings. The van der Waals surface area contributed by atoms with Crippen molar-refractivity contribution in [2.45, 2.75) is 91.9 Å². The van der Waals surface area contributed by atoms with Crippen LogP contribution in [0.5, 0.6) is 0 Å². The molecule has 6 heteroatoms. The lowest BCUT2D eigenvalue weighted by Crippen LogP contribution is -2.18. The van der Waals surface area contributed by atoms with E-state index in [2.05, 4.69) is 21.1 Å². The Labute approximate surface area is 146 Å². The molecule has 0 bridgehead atoms. The zero-order valence-electron chi connectivity index (χ0n) is 15.8. The lowest BCUT2D eigenvalue weighted by atomic mass is 10.1. The van der Waals surface area contributed by atoms with Gasteiger partial charge >= 0.3 is 0 Å². The van der Waals surface area contributed by atoms with Crippen LogP contribution < -0.4 is 10.9 Å². The number of amides is 2. The second-order valence-electron chi connectivity index (χ2n) is 6.09. The minimum absolute atomic E-state index is 0.0117. The standard InChI is InChI=1S/C18H34N4O2/c1-5-15(3)19-21-17(23)13-11-9-7-8-10-12-14-18(24)22-20-16(4)6-2/h5-14H2,1-4H3,(H,21,23)(H,22,24). The van der Waals surface area contributed by atoms with Gasteiger partial charge in [0.15, 0.2) is 0 Å². The molecule has 0 radical (unpaired) electrons. The molecule has 0 saturated carbocycles. The third-order valence-electron chi connectivity index (χ3n) is 3.82. The van der Waals surface area contributed by atoms with Crippen molar-refractivity contribution < 1.29 is 9.59 Å². The summed E-state index contributed by atoms with van der Waals surface area (Å²) in [4.78, 5) is 23.1. The molecule has 0 aliphatic heterocycles. The van der Waals surface area contributed by atoms with E-state index in [4.69, 9.17) is 0 Å². The van der Waals surface area contributed by atoms with E-state index in [1.54, 1.807) is 0 Å². The van der Waals surface area contributed by atoms with E-state index in [-0.39, 0.29) is 11.8 Å². The molecule has 0 fully saturated rings. The summed E-state index contributed by atoms with van der Waals surface area (Å²) in [5, 5.41) is 8.00. The Kier molecular flexibility index (Phi) is 13.8. The Balaban J connectivity index is 3.48. The van der Waals surface area contributed by atoms with Gasteiger partial charge in [-0.25, -0.2) is 10.9 Å². The molecule has 0 spiro atoms. The fraction of sp³-hybridized carbons (Fsp3) is 0.778. The molecule has 6 nitrogen and oxygen atoms in total. The highest BCUT2D eigenvalue weighted by molar-refractivity contribution is 5.84. The lowest BCUT2D eigenvalue weighted by Gasteiger charge is -2.03. The van der Waals surface area contributed by atoms with Crippen LogP contribution in [0.2, 0.25) is 0 Å². The minimum atomic E-state index is -0.0117. The highest BCUT2D eigenvalue weighted by Gasteiger charge is 2.01. The van der Waals surface area contributed by atoms with Gasteiger partial charge in [0, 0.05) is 24.3 Å². The number of carbonyl (C=O) groups is 2. The van der Waals surface area contributed by atoms with Gasteiger partial charge in [-0.3, -0.25) is 9.59 Å². The summed E-state index contributed by atoms with van der Waals surface area (Å²) in [5.74, 6) is -0.0233. The maximum atomic E-state index is 11.5. The molecule has 0 rings (SSSR count). The van der Waals surface area contributed by atoms with E-state index in [0.717, 1.165) is 62.8 Å². The van der Waals surface area contributed by atoms with Gasteiger partial charge in [0.1, 0.15) is 0 Å². The second kappa shape index (κ2) is 14.8. The molecule has 0 aromatic heterocycles. The average molecular weight is 338 g/mol. The summed E-state index contributed by atoms with van der Waals surface area (Å²) >= 11 is 0. The van der Waals surface area contributed by atoms with Crippen LogP contribution in [0, 0.1) is 0 Å². The third-order valence-corrected chi connectivity index (χ3v) is 3.82. The Morgan fingerprint density at radius 1 is 0.667 bits per heavy atom. The SMILES string of the molecule is CCC(C)=NNC(=O)CCCCCCCCC(=O)NN=C(C)CC. The van der Waals surface area contributed by atoms with E-state index in [9.17, 15) is 9.59 Å². The second-order valence-corrected chi connectivity index (χ2v) is 6.09. The van der Waals surface area contributed by atoms with Gasteiger partial charge < -0.3 is 0 Å². The topological polar surface area (TPSA) is 82.9 Å². The van der Waals surface area contributed by atoms with Crippen molar-refractivity contribution in [1.29, 1.82) is 0 Å². The molecule has 0 saturated heterocycles. The molecule has 0 aromatic rings. The number of carbonyl (C=O) groups excluding carboxylic acids is 2. The highest BCUT2D eigenvalue weighted by atomic mass is 16.2. The van der Waals surface area contributed by atoms with Crippen LogP contribution in [-0.4, -0.2) is 23.2 Å². The summed E-state index contributed by atoms with van der Waals surface area (Å²) in [6.07, 6.45) is 8.79. The summed E-state index contributed by atoms with van der Waals surface area (Å²) in [6, 6.07) is 0. The Morgan fingerprint density at radius 3 is 1.33 bits per heavy atom. The molecule has 0 aromatic carbocycles. The Bertz CT molecular complexity index is 391. The van der Waals surface area contributed by atoms with Crippen LogP contribution in [0.4, 0.5) is 0 Å². The molecule has 2 amide bonds. The van der Waals surface area contributed by atoms with Crippen molar-refractivity contribution in [1.82, 2.24) is 10.9 Å². The molecule has 0 aliphatic carbocycles. The number of nitrogens with zero attached hydrogens (tertiary/aromatic N) is 2. The first-order valence-electron chi connectivity index (χ1n) is 9.13. The normalized spacial score (nSPS) is 12.2. The van der Waals surface area contributed by atoms with Crippen molar-refractivity contribution in [3.63, 3.8) is 0 Å². The first kappa shape index (κ1) is 22.3. The van der Waals surface area contributed by atoms with Gasteiger partial charge in [-0.1, -0.05) is 39.5 Å². The minimum Gasteiger partial charge on any atom is -0.273 e. The van der Waals surface area contributed by atoms with E-state index in [1.165, 1.54) is 0 Å². The van der Waals surface area contributed by atoms with Crippen molar-refractivity contribution in [3.05, 3.63) is 0 Å². The predicted octanol–water partition coefficient (Wildman–Crippen LogP) is 3.91. The molecule has 138 valence electrons. The summed E-state index contributed by atoms with van der Waals surface area (Å²) in [7, 11) is 0. The van der Waals surface area contributed by atoms with Crippen LogP contribution in [0.1, 0.15) is 91.9 Å². The monoisotopic (exact) mass is 338 g/mol. The van der Waals surface area contributed by atoms with E-state index >= 15 is 0 Å². The predicted molar refractivity (Wildman–Crippen MR) is 100 cm³/mol. The number of hydrazone groups is 2. The van der Waals surface area contributed by atoms with Crippen LogP contribution in [-0.2, 0) is 9.59 Å². The molecular weight excluding hydrogens is 304 g/mol. The first-order chi connectivity index (χ1) is 11.5. The van der Waals surface area contributed by atoms with Crippen LogP contribution >= 0.6 is 0 Å². The quantitative estimate of drug-likeness (QED) is 0.303. The largest absolute Gasteiger partial charge is 0.273 e. The van der Waals surface area contributed by atoms with Gasteiger partial charge in [-0.2, -0.15) is 10.2 Å². The Morgan fingerprint density at radius 2 is 1.00 bits per heavy atom. The number of rotatable bonds is 13. The van der Waals surface area contributed by atoms with Gasteiger partial charge in [0.05, 0.1) is 0 Å². The van der Waals surface area contributed by atoms with Crippen molar-refractivity contribution in [2.24, 2.45) is 10.2 Å². The van der Waals surface area contributed by atoms with Crippen LogP contribution in [0.3, 0.4) is 0 Å². The van der Waals surface area contributed by atoms with Gasteiger partial charge in [-0.05, 0) is 39.5 Å². The maximum Gasteiger partial charge on any atom is 0.240 e. The molecule has 0 unspecified atom stereocenters. The summed E-state index contributed by atoms with van der Waals surface area (Å²) in [6.45, 7) is 7.82. The van der Waals surface area contributed by atoms with E-state index < -0.39 is 0 Å². The smallest absolute Gasteiger partial charge is 0.240 e. The zero-order chi connectivity index (χ0) is 18.2. The first-order valence-corrected chi connectivity index (χ1v) is 9.13. The molecule has 0 heterocycles. The molecule has 24 heavy (non-hydrogen) atoms.